The molecule has 0 aliphatic heterocycles. The zero-order chi connectivity index (χ0) is 11.4. The fourth-order valence-corrected chi connectivity index (χ4v) is 1.74. The van der Waals surface area contributed by atoms with Gasteiger partial charge in [0.2, 0.25) is 0 Å². The van der Waals surface area contributed by atoms with Gasteiger partial charge in [0.25, 0.3) is 0 Å². The molecule has 2 atom stereocenters. The van der Waals surface area contributed by atoms with Gasteiger partial charge in [0, 0.05) is 10.9 Å². The number of rotatable bonds is 4. The van der Waals surface area contributed by atoms with Crippen molar-refractivity contribution in [3.63, 3.8) is 0 Å². The van der Waals surface area contributed by atoms with Gasteiger partial charge in [0.1, 0.15) is 5.82 Å². The Bertz CT molecular complexity index is 330. The first-order valence-corrected chi connectivity index (χ1v) is 5.64. The molecule has 2 unspecified atom stereocenters. The zero-order valence-corrected chi connectivity index (χ0v) is 10.0. The predicted octanol–water partition coefficient (Wildman–Crippen LogP) is 2.26. The van der Waals surface area contributed by atoms with Crippen LogP contribution in [0.5, 0.6) is 0 Å². The van der Waals surface area contributed by atoms with Crippen LogP contribution in [-0.2, 0) is 6.42 Å². The number of aliphatic hydroxyl groups excluding tert-OH is 2. The molecule has 0 spiro atoms. The van der Waals surface area contributed by atoms with E-state index in [0.29, 0.717) is 12.0 Å². The molecule has 15 heavy (non-hydrogen) atoms. The first kappa shape index (κ1) is 12.6. The Balaban J connectivity index is 2.75. The largest absolute Gasteiger partial charge is 0.390 e. The summed E-state index contributed by atoms with van der Waals surface area (Å²) in [6.45, 7) is 1.77. The van der Waals surface area contributed by atoms with Crippen LogP contribution < -0.4 is 0 Å². The van der Waals surface area contributed by atoms with Crippen molar-refractivity contribution in [3.8, 4) is 0 Å². The highest BCUT2D eigenvalue weighted by atomic mass is 79.9. The van der Waals surface area contributed by atoms with E-state index in [4.69, 9.17) is 0 Å². The summed E-state index contributed by atoms with van der Waals surface area (Å²) in [5.41, 5.74) is 0.407. The molecule has 1 rings (SSSR count). The van der Waals surface area contributed by atoms with Crippen molar-refractivity contribution < 1.29 is 14.6 Å². The third kappa shape index (κ3) is 3.55. The Morgan fingerprint density at radius 2 is 2.00 bits per heavy atom. The van der Waals surface area contributed by atoms with E-state index in [1.165, 1.54) is 6.07 Å². The number of aliphatic hydroxyl groups is 2. The fraction of sp³-hybridized carbons (Fsp3) is 0.455. The Kier molecular flexibility index (Phi) is 4.70. The second kappa shape index (κ2) is 5.58. The van der Waals surface area contributed by atoms with Crippen LogP contribution in [0.25, 0.3) is 0 Å². The average molecular weight is 277 g/mol. The van der Waals surface area contributed by atoms with Crippen molar-refractivity contribution in [2.45, 2.75) is 32.0 Å². The van der Waals surface area contributed by atoms with Crippen LogP contribution in [0.2, 0.25) is 0 Å². The summed E-state index contributed by atoms with van der Waals surface area (Å²) in [6.07, 6.45) is -1.14. The van der Waals surface area contributed by atoms with E-state index in [1.54, 1.807) is 19.1 Å². The van der Waals surface area contributed by atoms with Crippen molar-refractivity contribution >= 4 is 15.9 Å². The molecule has 1 aromatic rings. The molecule has 4 heteroatoms. The van der Waals surface area contributed by atoms with Gasteiger partial charge in [-0.2, -0.15) is 0 Å². The second-order valence-corrected chi connectivity index (χ2v) is 4.40. The summed E-state index contributed by atoms with van der Waals surface area (Å²) in [7, 11) is 0. The molecular weight excluding hydrogens is 263 g/mol. The van der Waals surface area contributed by atoms with E-state index in [0.717, 1.165) is 4.47 Å². The Labute approximate surface area is 96.9 Å². The Morgan fingerprint density at radius 3 is 2.60 bits per heavy atom. The molecule has 0 heterocycles. The Hall–Kier alpha value is -0.450. The summed E-state index contributed by atoms with van der Waals surface area (Å²) in [4.78, 5) is 0. The lowest BCUT2D eigenvalue weighted by Gasteiger charge is -2.16. The smallest absolute Gasteiger partial charge is 0.126 e. The van der Waals surface area contributed by atoms with Gasteiger partial charge in [-0.05, 0) is 30.2 Å². The minimum atomic E-state index is -0.918. The first-order valence-electron chi connectivity index (χ1n) is 4.84. The van der Waals surface area contributed by atoms with Gasteiger partial charge in [0.15, 0.2) is 0 Å². The maximum atomic E-state index is 13.3. The lowest BCUT2D eigenvalue weighted by Crippen LogP contribution is -2.27. The molecule has 2 nitrogen and oxygen atoms in total. The van der Waals surface area contributed by atoms with Gasteiger partial charge in [-0.3, -0.25) is 0 Å². The summed E-state index contributed by atoms with van der Waals surface area (Å²) in [5.74, 6) is -0.361. The monoisotopic (exact) mass is 276 g/mol. The Morgan fingerprint density at radius 1 is 1.33 bits per heavy atom. The maximum absolute atomic E-state index is 13.3. The minimum absolute atomic E-state index is 0.125. The van der Waals surface area contributed by atoms with E-state index in [1.807, 2.05) is 0 Å². The van der Waals surface area contributed by atoms with Gasteiger partial charge < -0.3 is 10.2 Å². The second-order valence-electron chi connectivity index (χ2n) is 3.48. The summed E-state index contributed by atoms with van der Waals surface area (Å²) in [6, 6.07) is 4.55. The van der Waals surface area contributed by atoms with E-state index >= 15 is 0 Å². The summed E-state index contributed by atoms with van der Waals surface area (Å²) >= 11 is 3.23. The third-order valence-corrected chi connectivity index (χ3v) is 2.79. The summed E-state index contributed by atoms with van der Waals surface area (Å²) in [5, 5.41) is 18.9. The van der Waals surface area contributed by atoms with Gasteiger partial charge in [-0.25, -0.2) is 4.39 Å². The van der Waals surface area contributed by atoms with Gasteiger partial charge in [-0.15, -0.1) is 0 Å². The number of hydrogen-bond donors (Lipinski definition) is 2. The molecule has 0 saturated heterocycles. The van der Waals surface area contributed by atoms with Crippen molar-refractivity contribution in [2.75, 3.05) is 0 Å². The molecule has 0 amide bonds. The number of hydrogen-bond acceptors (Lipinski definition) is 2. The quantitative estimate of drug-likeness (QED) is 0.886. The van der Waals surface area contributed by atoms with Crippen LogP contribution in [0.4, 0.5) is 4.39 Å². The molecule has 1 aromatic carbocycles. The van der Waals surface area contributed by atoms with E-state index in [2.05, 4.69) is 15.9 Å². The molecule has 0 aliphatic carbocycles. The normalized spacial score (nSPS) is 15.0. The van der Waals surface area contributed by atoms with Crippen LogP contribution in [0.15, 0.2) is 22.7 Å². The van der Waals surface area contributed by atoms with Crippen molar-refractivity contribution in [3.05, 3.63) is 34.1 Å². The number of benzene rings is 1. The van der Waals surface area contributed by atoms with E-state index < -0.39 is 12.2 Å². The van der Waals surface area contributed by atoms with Crippen LogP contribution in [0.3, 0.4) is 0 Å². The SMILES string of the molecule is CCC(O)C(O)Cc1cc(Br)ccc1F. The molecule has 0 saturated carbocycles. The zero-order valence-electron chi connectivity index (χ0n) is 8.45. The number of halogens is 2. The fourth-order valence-electron chi connectivity index (χ4n) is 1.33. The molecule has 0 aromatic heterocycles. The lowest BCUT2D eigenvalue weighted by atomic mass is 10.0. The highest BCUT2D eigenvalue weighted by Gasteiger charge is 2.16. The lowest BCUT2D eigenvalue weighted by molar-refractivity contribution is 0.0177. The standard InChI is InChI=1S/C11H14BrFO2/c1-2-10(14)11(15)6-7-5-8(12)3-4-9(7)13/h3-5,10-11,14-15H,2,6H2,1H3. The molecule has 84 valence electrons. The first-order chi connectivity index (χ1) is 7.04. The van der Waals surface area contributed by atoms with Crippen LogP contribution in [0.1, 0.15) is 18.9 Å². The molecule has 0 fully saturated rings. The van der Waals surface area contributed by atoms with E-state index in [-0.39, 0.29) is 12.2 Å². The van der Waals surface area contributed by atoms with Gasteiger partial charge in [0.05, 0.1) is 12.2 Å². The molecular formula is C11H14BrFO2. The molecule has 0 aliphatic rings. The molecule has 2 N–H and O–H groups in total. The van der Waals surface area contributed by atoms with Crippen molar-refractivity contribution in [1.29, 1.82) is 0 Å². The summed E-state index contributed by atoms with van der Waals surface area (Å²) < 4.78 is 14.0. The van der Waals surface area contributed by atoms with E-state index in [9.17, 15) is 14.6 Å². The maximum Gasteiger partial charge on any atom is 0.126 e. The highest BCUT2D eigenvalue weighted by molar-refractivity contribution is 9.10. The van der Waals surface area contributed by atoms with Crippen LogP contribution in [-0.4, -0.2) is 22.4 Å². The van der Waals surface area contributed by atoms with Gasteiger partial charge >= 0.3 is 0 Å². The highest BCUT2D eigenvalue weighted by Crippen LogP contribution is 2.18. The van der Waals surface area contributed by atoms with Crippen LogP contribution >= 0.6 is 15.9 Å². The van der Waals surface area contributed by atoms with Crippen molar-refractivity contribution in [2.24, 2.45) is 0 Å². The molecule has 0 radical (unpaired) electrons. The topological polar surface area (TPSA) is 40.5 Å². The average Bonchev–Trinajstić information content (AvgIpc) is 2.22. The third-order valence-electron chi connectivity index (χ3n) is 2.30. The van der Waals surface area contributed by atoms with Gasteiger partial charge in [-0.1, -0.05) is 22.9 Å². The minimum Gasteiger partial charge on any atom is -0.390 e. The van der Waals surface area contributed by atoms with Crippen molar-refractivity contribution in [1.82, 2.24) is 0 Å². The predicted molar refractivity (Wildman–Crippen MR) is 60.1 cm³/mol. The van der Waals surface area contributed by atoms with Crippen LogP contribution in [0, 0.1) is 5.82 Å². The molecule has 0 bridgehead atoms.